The third-order valence-electron chi connectivity index (χ3n) is 2.25. The number of nitrogens with zero attached hydrogens (tertiary/aromatic N) is 1. The molecule has 1 heterocycles. The number of benzene rings is 1. The van der Waals surface area contributed by atoms with Crippen LogP contribution in [0.15, 0.2) is 29.8 Å². The molecule has 1 aromatic carbocycles. The molecule has 3 heteroatoms. The summed E-state index contributed by atoms with van der Waals surface area (Å²) in [6.07, 6.45) is 2.47. The Labute approximate surface area is 87.6 Å². The van der Waals surface area contributed by atoms with Crippen molar-refractivity contribution in [3.8, 4) is 6.07 Å². The van der Waals surface area contributed by atoms with Crippen LogP contribution in [0.5, 0.6) is 0 Å². The second kappa shape index (κ2) is 3.97. The molecule has 1 fully saturated rings. The van der Waals surface area contributed by atoms with Crippen LogP contribution in [0.4, 0.5) is 0 Å². The first-order valence-electron chi connectivity index (χ1n) is 4.67. The predicted molar refractivity (Wildman–Crippen MR) is 54.7 cm³/mol. The fourth-order valence-corrected chi connectivity index (χ4v) is 1.43. The topological polar surface area (TPSA) is 50.1 Å². The molecule has 0 amide bonds. The van der Waals surface area contributed by atoms with E-state index in [0.29, 0.717) is 24.2 Å². The average Bonchev–Trinajstić information content (AvgIpc) is 2.66. The highest BCUT2D eigenvalue weighted by atomic mass is 16.5. The maximum atomic E-state index is 11.2. The molecule has 1 aliphatic rings. The monoisotopic (exact) mass is 199 g/mol. The summed E-state index contributed by atoms with van der Waals surface area (Å²) in [6.45, 7) is 0.473. The highest BCUT2D eigenvalue weighted by Gasteiger charge is 2.17. The van der Waals surface area contributed by atoms with Gasteiger partial charge in [-0.25, -0.2) is 4.79 Å². The summed E-state index contributed by atoms with van der Waals surface area (Å²) in [7, 11) is 0. The van der Waals surface area contributed by atoms with Gasteiger partial charge >= 0.3 is 5.97 Å². The summed E-state index contributed by atoms with van der Waals surface area (Å²) in [4.78, 5) is 11.2. The summed E-state index contributed by atoms with van der Waals surface area (Å²) in [6, 6.07) is 9.14. The zero-order valence-electron chi connectivity index (χ0n) is 8.06. The summed E-state index contributed by atoms with van der Waals surface area (Å²) in [5.74, 6) is -0.237. The van der Waals surface area contributed by atoms with E-state index in [0.717, 1.165) is 5.56 Å². The van der Waals surface area contributed by atoms with E-state index in [2.05, 4.69) is 0 Å². The number of nitriles is 1. The third kappa shape index (κ3) is 2.05. The Morgan fingerprint density at radius 3 is 2.60 bits per heavy atom. The molecule has 0 atom stereocenters. The predicted octanol–water partition coefficient (Wildman–Crippen LogP) is 1.89. The van der Waals surface area contributed by atoms with Gasteiger partial charge in [0, 0.05) is 12.0 Å². The Hall–Kier alpha value is -2.08. The maximum absolute atomic E-state index is 11.2. The van der Waals surface area contributed by atoms with Gasteiger partial charge in [0.1, 0.15) is 0 Å². The Morgan fingerprint density at radius 1 is 1.33 bits per heavy atom. The minimum atomic E-state index is -0.237. The van der Waals surface area contributed by atoms with Crippen LogP contribution < -0.4 is 0 Å². The largest absolute Gasteiger partial charge is 0.462 e. The summed E-state index contributed by atoms with van der Waals surface area (Å²) >= 11 is 0. The quantitative estimate of drug-likeness (QED) is 0.512. The molecule has 0 bridgehead atoms. The lowest BCUT2D eigenvalue weighted by Crippen LogP contribution is -1.94. The molecule has 0 saturated carbocycles. The Morgan fingerprint density at radius 2 is 2.07 bits per heavy atom. The van der Waals surface area contributed by atoms with Crippen molar-refractivity contribution in [2.45, 2.75) is 6.42 Å². The number of hydrogen-bond donors (Lipinski definition) is 0. The molecule has 0 radical (unpaired) electrons. The molecular formula is C12H9NO2. The molecule has 1 aromatic rings. The van der Waals surface area contributed by atoms with Crippen molar-refractivity contribution in [2.24, 2.45) is 0 Å². The number of ether oxygens (including phenoxy) is 1. The molecule has 0 aliphatic carbocycles. The molecule has 0 unspecified atom stereocenters. The van der Waals surface area contributed by atoms with Crippen molar-refractivity contribution in [3.63, 3.8) is 0 Å². The van der Waals surface area contributed by atoms with Crippen LogP contribution in [0, 0.1) is 11.3 Å². The van der Waals surface area contributed by atoms with E-state index in [1.165, 1.54) is 0 Å². The summed E-state index contributed by atoms with van der Waals surface area (Å²) in [5.41, 5.74) is 2.23. The minimum Gasteiger partial charge on any atom is -0.462 e. The Kier molecular flexibility index (Phi) is 2.51. The van der Waals surface area contributed by atoms with Crippen molar-refractivity contribution in [1.82, 2.24) is 0 Å². The van der Waals surface area contributed by atoms with Gasteiger partial charge < -0.3 is 4.74 Å². The van der Waals surface area contributed by atoms with Crippen LogP contribution in [0.2, 0.25) is 0 Å². The molecule has 74 valence electrons. The SMILES string of the molecule is N#Cc1ccc(/C=C2\CCOC2=O)cc1. The lowest BCUT2D eigenvalue weighted by atomic mass is 10.1. The van der Waals surface area contributed by atoms with Crippen molar-refractivity contribution in [1.29, 1.82) is 5.26 Å². The van der Waals surface area contributed by atoms with Crippen LogP contribution in [0.1, 0.15) is 17.5 Å². The van der Waals surface area contributed by atoms with E-state index in [1.807, 2.05) is 18.2 Å². The molecule has 0 N–H and O–H groups in total. The molecule has 3 nitrogen and oxygen atoms in total. The lowest BCUT2D eigenvalue weighted by Gasteiger charge is -1.95. The first-order chi connectivity index (χ1) is 7.29. The van der Waals surface area contributed by atoms with Gasteiger partial charge in [0.2, 0.25) is 0 Å². The standard InChI is InChI=1S/C12H9NO2/c13-8-10-3-1-9(2-4-10)7-11-5-6-15-12(11)14/h1-4,7H,5-6H2/b11-7+. The third-order valence-corrected chi connectivity index (χ3v) is 2.25. The van der Waals surface area contributed by atoms with Crippen LogP contribution in [0.3, 0.4) is 0 Å². The highest BCUT2D eigenvalue weighted by Crippen LogP contribution is 2.17. The molecule has 0 aromatic heterocycles. The second-order valence-corrected chi connectivity index (χ2v) is 3.29. The highest BCUT2D eigenvalue weighted by molar-refractivity contribution is 5.95. The van der Waals surface area contributed by atoms with Gasteiger partial charge in [-0.1, -0.05) is 12.1 Å². The number of carbonyl (C=O) groups is 1. The number of rotatable bonds is 1. The van der Waals surface area contributed by atoms with Crippen molar-refractivity contribution < 1.29 is 9.53 Å². The van der Waals surface area contributed by atoms with E-state index in [-0.39, 0.29) is 5.97 Å². The molecule has 2 rings (SSSR count). The summed E-state index contributed by atoms with van der Waals surface area (Å²) < 4.78 is 4.82. The smallest absolute Gasteiger partial charge is 0.334 e. The fourth-order valence-electron chi connectivity index (χ4n) is 1.43. The molecule has 15 heavy (non-hydrogen) atoms. The van der Waals surface area contributed by atoms with Crippen LogP contribution >= 0.6 is 0 Å². The Bertz CT molecular complexity index is 452. The fraction of sp³-hybridized carbons (Fsp3) is 0.167. The van der Waals surface area contributed by atoms with Crippen molar-refractivity contribution >= 4 is 12.0 Å². The van der Waals surface area contributed by atoms with E-state index in [1.54, 1.807) is 18.2 Å². The van der Waals surface area contributed by atoms with Gasteiger partial charge in [-0.05, 0) is 23.8 Å². The van der Waals surface area contributed by atoms with Gasteiger partial charge in [0.25, 0.3) is 0 Å². The molecule has 0 spiro atoms. The van der Waals surface area contributed by atoms with Crippen molar-refractivity contribution in [2.75, 3.05) is 6.61 Å². The zero-order valence-corrected chi connectivity index (χ0v) is 8.06. The lowest BCUT2D eigenvalue weighted by molar-refractivity contribution is -0.134. The van der Waals surface area contributed by atoms with E-state index >= 15 is 0 Å². The second-order valence-electron chi connectivity index (χ2n) is 3.29. The van der Waals surface area contributed by atoms with E-state index < -0.39 is 0 Å². The van der Waals surface area contributed by atoms with Gasteiger partial charge in [-0.15, -0.1) is 0 Å². The first-order valence-corrected chi connectivity index (χ1v) is 4.67. The Balaban J connectivity index is 2.24. The van der Waals surface area contributed by atoms with Gasteiger partial charge in [0.05, 0.1) is 18.2 Å². The van der Waals surface area contributed by atoms with Crippen molar-refractivity contribution in [3.05, 3.63) is 41.0 Å². The van der Waals surface area contributed by atoms with Crippen LogP contribution in [0.25, 0.3) is 6.08 Å². The number of cyclic esters (lactones) is 1. The summed E-state index contributed by atoms with van der Waals surface area (Å²) in [5, 5.41) is 8.62. The number of hydrogen-bond acceptors (Lipinski definition) is 3. The first kappa shape index (κ1) is 9.47. The van der Waals surface area contributed by atoms with E-state index in [9.17, 15) is 4.79 Å². The van der Waals surface area contributed by atoms with Crippen LogP contribution in [-0.2, 0) is 9.53 Å². The van der Waals surface area contributed by atoms with Gasteiger partial charge in [0.15, 0.2) is 0 Å². The molecule has 1 aliphatic heterocycles. The zero-order chi connectivity index (χ0) is 10.7. The molecular weight excluding hydrogens is 190 g/mol. The normalized spacial score (nSPS) is 17.5. The van der Waals surface area contributed by atoms with Gasteiger partial charge in [-0.2, -0.15) is 5.26 Å². The van der Waals surface area contributed by atoms with Gasteiger partial charge in [-0.3, -0.25) is 0 Å². The maximum Gasteiger partial charge on any atom is 0.334 e. The molecule has 1 saturated heterocycles. The van der Waals surface area contributed by atoms with E-state index in [4.69, 9.17) is 10.00 Å². The minimum absolute atomic E-state index is 0.237. The number of esters is 1. The number of carbonyl (C=O) groups excluding carboxylic acids is 1. The average molecular weight is 199 g/mol. The van der Waals surface area contributed by atoms with Crippen LogP contribution in [-0.4, -0.2) is 12.6 Å².